The molecule has 0 fully saturated rings. The number of pyridine rings is 1. The average molecular weight is 491 g/mol. The van der Waals surface area contributed by atoms with Gasteiger partial charge in [-0.3, -0.25) is 14.6 Å². The molecule has 5 rings (SSSR count). The number of rotatable bonds is 8. The average Bonchev–Trinajstić information content (AvgIpc) is 3.25. The first kappa shape index (κ1) is 22.8. The molecule has 3 heterocycles. The van der Waals surface area contributed by atoms with E-state index >= 15 is 0 Å². The number of hydrogen-bond donors (Lipinski definition) is 2. The molecule has 0 saturated carbocycles. The number of thioether (sulfide) groups is 1. The maximum Gasteiger partial charge on any atom is 0.259 e. The molecular formula is C26H26N4O2S2. The molecule has 1 aliphatic carbocycles. The standard InChI is InChI=1S/C26H26N4O2S2/c31-22(30-24(17-8-2-1-3-9-17)19-11-6-7-14-27-19)13-15-33-16-21-28-25(32)23-18-10-4-5-12-20(18)34-26(23)29-21/h1-3,6-9,11,14,24H,4-5,10,12-13,15-16H2,(H,30,31)(H,28,29,32). The van der Waals surface area contributed by atoms with Gasteiger partial charge in [0.25, 0.3) is 5.56 Å². The van der Waals surface area contributed by atoms with E-state index in [1.807, 2.05) is 48.5 Å². The molecule has 8 heteroatoms. The van der Waals surface area contributed by atoms with E-state index in [9.17, 15) is 9.59 Å². The number of H-pyrrole nitrogens is 1. The lowest BCUT2D eigenvalue weighted by molar-refractivity contribution is -0.121. The van der Waals surface area contributed by atoms with Crippen LogP contribution < -0.4 is 10.9 Å². The molecule has 1 aliphatic rings. The van der Waals surface area contributed by atoms with Crippen LogP contribution in [0.15, 0.2) is 59.5 Å². The van der Waals surface area contributed by atoms with E-state index in [0.717, 1.165) is 40.7 Å². The van der Waals surface area contributed by atoms with Gasteiger partial charge < -0.3 is 10.3 Å². The van der Waals surface area contributed by atoms with Crippen molar-refractivity contribution in [2.75, 3.05) is 5.75 Å². The predicted molar refractivity (Wildman–Crippen MR) is 138 cm³/mol. The lowest BCUT2D eigenvalue weighted by Crippen LogP contribution is -2.30. The Bertz CT molecular complexity index is 1300. The summed E-state index contributed by atoms with van der Waals surface area (Å²) in [5.41, 5.74) is 2.98. The van der Waals surface area contributed by atoms with Crippen molar-refractivity contribution in [1.82, 2.24) is 20.3 Å². The molecular weight excluding hydrogens is 464 g/mol. The smallest absolute Gasteiger partial charge is 0.259 e. The zero-order chi connectivity index (χ0) is 23.3. The summed E-state index contributed by atoms with van der Waals surface area (Å²) in [5, 5.41) is 3.91. The molecule has 1 atom stereocenters. The van der Waals surface area contributed by atoms with Crippen molar-refractivity contribution in [1.29, 1.82) is 0 Å². The fraction of sp³-hybridized carbons (Fsp3) is 0.308. The van der Waals surface area contributed by atoms with Crippen LogP contribution in [-0.4, -0.2) is 26.6 Å². The Kier molecular flexibility index (Phi) is 7.06. The molecule has 3 aromatic heterocycles. The third-order valence-electron chi connectivity index (χ3n) is 6.01. The number of amides is 1. The number of aryl methyl sites for hydroxylation is 2. The minimum Gasteiger partial charge on any atom is -0.344 e. The summed E-state index contributed by atoms with van der Waals surface area (Å²) in [6, 6.07) is 15.3. The van der Waals surface area contributed by atoms with E-state index in [2.05, 4.69) is 15.3 Å². The zero-order valence-corrected chi connectivity index (χ0v) is 20.4. The SMILES string of the molecule is O=C(CCSCc1nc2sc3c(c2c(=O)[nH]1)CCCC3)NC(c1ccccc1)c1ccccn1. The summed E-state index contributed by atoms with van der Waals surface area (Å²) >= 11 is 3.27. The van der Waals surface area contributed by atoms with Gasteiger partial charge in [-0.15, -0.1) is 11.3 Å². The summed E-state index contributed by atoms with van der Waals surface area (Å²) in [6.07, 6.45) is 6.48. The third kappa shape index (κ3) is 5.08. The minimum atomic E-state index is -0.287. The van der Waals surface area contributed by atoms with Gasteiger partial charge in [0.15, 0.2) is 0 Å². The first-order valence-electron chi connectivity index (χ1n) is 11.6. The number of carbonyl (C=O) groups is 1. The van der Waals surface area contributed by atoms with Gasteiger partial charge >= 0.3 is 0 Å². The number of carbonyl (C=O) groups excluding carboxylic acids is 1. The quantitative estimate of drug-likeness (QED) is 0.347. The summed E-state index contributed by atoms with van der Waals surface area (Å²) in [4.78, 5) is 39.7. The summed E-state index contributed by atoms with van der Waals surface area (Å²) < 4.78 is 0. The largest absolute Gasteiger partial charge is 0.344 e. The van der Waals surface area contributed by atoms with Gasteiger partial charge in [-0.25, -0.2) is 4.98 Å². The van der Waals surface area contributed by atoms with Crippen LogP contribution in [0.5, 0.6) is 0 Å². The number of hydrogen-bond acceptors (Lipinski definition) is 6. The van der Waals surface area contributed by atoms with Crippen molar-refractivity contribution in [2.24, 2.45) is 0 Å². The molecule has 174 valence electrons. The molecule has 6 nitrogen and oxygen atoms in total. The fourth-order valence-corrected chi connectivity index (χ4v) is 6.45. The molecule has 1 aromatic carbocycles. The van der Waals surface area contributed by atoms with Crippen molar-refractivity contribution in [3.05, 3.63) is 92.6 Å². The van der Waals surface area contributed by atoms with E-state index < -0.39 is 0 Å². The number of nitrogens with one attached hydrogen (secondary N) is 2. The second-order valence-electron chi connectivity index (χ2n) is 8.37. The van der Waals surface area contributed by atoms with E-state index in [0.29, 0.717) is 23.8 Å². The van der Waals surface area contributed by atoms with Crippen LogP contribution in [-0.2, 0) is 23.4 Å². The number of aromatic nitrogens is 3. The Morgan fingerprint density at radius 3 is 2.76 bits per heavy atom. The van der Waals surface area contributed by atoms with Crippen molar-refractivity contribution in [3.63, 3.8) is 0 Å². The highest BCUT2D eigenvalue weighted by Crippen LogP contribution is 2.33. The van der Waals surface area contributed by atoms with Gasteiger partial charge in [0.05, 0.1) is 22.9 Å². The van der Waals surface area contributed by atoms with Gasteiger partial charge in [0, 0.05) is 23.2 Å². The normalized spacial score (nSPS) is 14.0. The van der Waals surface area contributed by atoms with Crippen LogP contribution in [0.3, 0.4) is 0 Å². The highest BCUT2D eigenvalue weighted by molar-refractivity contribution is 7.98. The summed E-state index contributed by atoms with van der Waals surface area (Å²) in [7, 11) is 0. The van der Waals surface area contributed by atoms with Crippen molar-refractivity contribution < 1.29 is 4.79 Å². The molecule has 34 heavy (non-hydrogen) atoms. The maximum atomic E-state index is 12.7. The molecule has 0 bridgehead atoms. The maximum absolute atomic E-state index is 12.7. The number of fused-ring (bicyclic) bond motifs is 3. The van der Waals surface area contributed by atoms with Gasteiger partial charge in [-0.2, -0.15) is 11.8 Å². The monoisotopic (exact) mass is 490 g/mol. The number of aromatic amines is 1. The van der Waals surface area contributed by atoms with E-state index in [1.165, 1.54) is 16.9 Å². The topological polar surface area (TPSA) is 87.7 Å². The van der Waals surface area contributed by atoms with E-state index in [4.69, 9.17) is 4.98 Å². The Morgan fingerprint density at radius 1 is 1.12 bits per heavy atom. The highest BCUT2D eigenvalue weighted by atomic mass is 32.2. The zero-order valence-electron chi connectivity index (χ0n) is 18.8. The van der Waals surface area contributed by atoms with Gasteiger partial charge in [0.2, 0.25) is 5.91 Å². The molecule has 1 unspecified atom stereocenters. The van der Waals surface area contributed by atoms with Crippen LogP contribution in [0.4, 0.5) is 0 Å². The van der Waals surface area contributed by atoms with Crippen molar-refractivity contribution >= 4 is 39.2 Å². The second kappa shape index (κ2) is 10.5. The van der Waals surface area contributed by atoms with Crippen molar-refractivity contribution in [2.45, 2.75) is 43.9 Å². The molecule has 0 radical (unpaired) electrons. The Hall–Kier alpha value is -2.97. The number of thiophene rings is 1. The summed E-state index contributed by atoms with van der Waals surface area (Å²) in [6.45, 7) is 0. The van der Waals surface area contributed by atoms with Crippen LogP contribution in [0, 0.1) is 0 Å². The number of benzene rings is 1. The van der Waals surface area contributed by atoms with Gasteiger partial charge in [-0.05, 0) is 48.9 Å². The van der Waals surface area contributed by atoms with Crippen LogP contribution >= 0.6 is 23.1 Å². The Morgan fingerprint density at radius 2 is 1.94 bits per heavy atom. The van der Waals surface area contributed by atoms with E-state index in [-0.39, 0.29) is 17.5 Å². The number of nitrogens with zero attached hydrogens (tertiary/aromatic N) is 2. The van der Waals surface area contributed by atoms with Crippen molar-refractivity contribution in [3.8, 4) is 0 Å². The minimum absolute atomic E-state index is 0.0289. The fourth-order valence-electron chi connectivity index (χ4n) is 4.36. The lowest BCUT2D eigenvalue weighted by Gasteiger charge is -2.19. The molecule has 1 amide bonds. The molecule has 0 aliphatic heterocycles. The first-order chi connectivity index (χ1) is 16.7. The van der Waals surface area contributed by atoms with Gasteiger partial charge in [-0.1, -0.05) is 36.4 Å². The molecule has 4 aromatic rings. The first-order valence-corrected chi connectivity index (χ1v) is 13.5. The van der Waals surface area contributed by atoms with Crippen LogP contribution in [0.25, 0.3) is 10.2 Å². The highest BCUT2D eigenvalue weighted by Gasteiger charge is 2.20. The molecule has 0 spiro atoms. The summed E-state index contributed by atoms with van der Waals surface area (Å²) in [5.74, 6) is 1.86. The van der Waals surface area contributed by atoms with Crippen LogP contribution in [0.1, 0.15) is 52.8 Å². The Balaban J connectivity index is 1.19. The lowest BCUT2D eigenvalue weighted by atomic mass is 9.97. The van der Waals surface area contributed by atoms with Crippen LogP contribution in [0.2, 0.25) is 0 Å². The third-order valence-corrected chi connectivity index (χ3v) is 8.16. The Labute approximate surface area is 206 Å². The molecule has 0 saturated heterocycles. The van der Waals surface area contributed by atoms with E-state index in [1.54, 1.807) is 29.3 Å². The van der Waals surface area contributed by atoms with Gasteiger partial charge in [0.1, 0.15) is 10.7 Å². The predicted octanol–water partition coefficient (Wildman–Crippen LogP) is 4.79. The second-order valence-corrected chi connectivity index (χ2v) is 10.6. The molecule has 2 N–H and O–H groups in total.